The molecule has 2 N–H and O–H groups in total. The monoisotopic (exact) mass is 421 g/mol. The van der Waals surface area contributed by atoms with E-state index in [1.54, 1.807) is 6.20 Å². The van der Waals surface area contributed by atoms with Crippen molar-refractivity contribution < 1.29 is 27.9 Å². The van der Waals surface area contributed by atoms with Gasteiger partial charge >= 0.3 is 12.1 Å². The Kier molecular flexibility index (Phi) is 6.40. The van der Waals surface area contributed by atoms with Gasteiger partial charge in [0.25, 0.3) is 0 Å². The number of hydrogen-bond acceptors (Lipinski definition) is 4. The van der Waals surface area contributed by atoms with E-state index < -0.39 is 12.1 Å². The third kappa shape index (κ3) is 4.79. The zero-order valence-corrected chi connectivity index (χ0v) is 16.1. The number of rotatable bonds is 3. The number of benzene rings is 1. The molecule has 1 amide bonds. The van der Waals surface area contributed by atoms with Crippen molar-refractivity contribution in [3.63, 3.8) is 0 Å². The second-order valence-electron chi connectivity index (χ2n) is 7.46. The van der Waals surface area contributed by atoms with Gasteiger partial charge in [0.1, 0.15) is 0 Å². The highest BCUT2D eigenvalue weighted by molar-refractivity contribution is 5.86. The molecule has 0 bridgehead atoms. The molecule has 2 atom stereocenters. The van der Waals surface area contributed by atoms with Crippen LogP contribution in [0.5, 0.6) is 0 Å². The number of nitrogens with zero attached hydrogens (tertiary/aromatic N) is 2. The van der Waals surface area contributed by atoms with Gasteiger partial charge < -0.3 is 10.4 Å². The van der Waals surface area contributed by atoms with E-state index in [0.29, 0.717) is 0 Å². The second-order valence-corrected chi connectivity index (χ2v) is 7.46. The smallest absolute Gasteiger partial charge is 0.475 e. The van der Waals surface area contributed by atoms with E-state index in [1.165, 1.54) is 11.1 Å². The number of aromatic nitrogens is 1. The minimum absolute atomic E-state index is 0.222. The predicted molar refractivity (Wildman–Crippen MR) is 102 cm³/mol. The molecule has 4 rings (SSSR count). The van der Waals surface area contributed by atoms with Crippen LogP contribution in [0.4, 0.5) is 13.2 Å². The van der Waals surface area contributed by atoms with Crippen LogP contribution in [0.3, 0.4) is 0 Å². The summed E-state index contributed by atoms with van der Waals surface area (Å²) in [6.45, 7) is 3.40. The minimum Gasteiger partial charge on any atom is -0.475 e. The van der Waals surface area contributed by atoms with Gasteiger partial charge in [-0.25, -0.2) is 4.79 Å². The van der Waals surface area contributed by atoms with Gasteiger partial charge in [0, 0.05) is 44.5 Å². The van der Waals surface area contributed by atoms with Crippen molar-refractivity contribution in [1.29, 1.82) is 0 Å². The number of carboxylic acid groups (broad SMARTS) is 1. The van der Waals surface area contributed by atoms with Gasteiger partial charge in [-0.2, -0.15) is 13.2 Å². The van der Waals surface area contributed by atoms with Crippen molar-refractivity contribution in [2.24, 2.45) is 5.41 Å². The maximum absolute atomic E-state index is 12.6. The largest absolute Gasteiger partial charge is 0.490 e. The van der Waals surface area contributed by atoms with Crippen LogP contribution in [0.2, 0.25) is 0 Å². The summed E-state index contributed by atoms with van der Waals surface area (Å²) in [5, 5.41) is 10.2. The van der Waals surface area contributed by atoms with Crippen LogP contribution in [-0.2, 0) is 16.1 Å². The van der Waals surface area contributed by atoms with Gasteiger partial charge in [-0.05, 0) is 23.6 Å². The third-order valence-electron chi connectivity index (χ3n) is 5.50. The van der Waals surface area contributed by atoms with Crippen LogP contribution in [-0.4, -0.2) is 52.7 Å². The Hall–Kier alpha value is -2.94. The Morgan fingerprint density at radius 1 is 1.23 bits per heavy atom. The molecule has 1 aromatic carbocycles. The number of carbonyl (C=O) groups excluding carboxylic acids is 1. The first-order valence-electron chi connectivity index (χ1n) is 9.47. The molecule has 2 aliphatic heterocycles. The highest BCUT2D eigenvalue weighted by Gasteiger charge is 2.54. The normalized spacial score (nSPS) is 23.7. The average Bonchev–Trinajstić information content (AvgIpc) is 3.26. The molecule has 2 fully saturated rings. The Labute approximate surface area is 171 Å². The van der Waals surface area contributed by atoms with Gasteiger partial charge in [-0.1, -0.05) is 36.4 Å². The lowest BCUT2D eigenvalue weighted by atomic mass is 9.73. The molecule has 30 heavy (non-hydrogen) atoms. The van der Waals surface area contributed by atoms with Gasteiger partial charge in [0.15, 0.2) is 0 Å². The molecule has 0 unspecified atom stereocenters. The van der Waals surface area contributed by atoms with Crippen LogP contribution in [0, 0.1) is 5.41 Å². The lowest BCUT2D eigenvalue weighted by Gasteiger charge is -2.27. The third-order valence-corrected chi connectivity index (χ3v) is 5.50. The summed E-state index contributed by atoms with van der Waals surface area (Å²) in [5.41, 5.74) is 2.21. The summed E-state index contributed by atoms with van der Waals surface area (Å²) in [5.74, 6) is -2.27. The molecular weight excluding hydrogens is 399 g/mol. The lowest BCUT2D eigenvalue weighted by molar-refractivity contribution is -0.192. The van der Waals surface area contributed by atoms with Crippen LogP contribution >= 0.6 is 0 Å². The number of aliphatic carboxylic acids is 1. The summed E-state index contributed by atoms with van der Waals surface area (Å²) in [7, 11) is 0. The highest BCUT2D eigenvalue weighted by Crippen LogP contribution is 2.47. The summed E-state index contributed by atoms with van der Waals surface area (Å²) in [4.78, 5) is 28.1. The molecule has 0 aliphatic carbocycles. The average molecular weight is 421 g/mol. The topological polar surface area (TPSA) is 82.5 Å². The van der Waals surface area contributed by atoms with E-state index in [1.807, 2.05) is 18.3 Å². The van der Waals surface area contributed by atoms with Gasteiger partial charge in [-0.3, -0.25) is 14.7 Å². The van der Waals surface area contributed by atoms with E-state index in [-0.39, 0.29) is 17.2 Å². The SMILES string of the molecule is O=C(O)C(F)(F)F.O=C1NCC[C@]12CN(Cc1cccnc1)C[C@H]2c1ccccc1. The fraction of sp³-hybridized carbons (Fsp3) is 0.381. The first kappa shape index (κ1) is 21.8. The molecule has 2 aromatic rings. The van der Waals surface area contributed by atoms with Crippen LogP contribution in [0.25, 0.3) is 0 Å². The number of alkyl halides is 3. The number of carboxylic acids is 1. The van der Waals surface area contributed by atoms with Crippen LogP contribution in [0.1, 0.15) is 23.5 Å². The molecule has 6 nitrogen and oxygen atoms in total. The first-order valence-corrected chi connectivity index (χ1v) is 9.47. The Morgan fingerprint density at radius 3 is 2.47 bits per heavy atom. The van der Waals surface area contributed by atoms with Gasteiger partial charge in [0.05, 0.1) is 5.41 Å². The van der Waals surface area contributed by atoms with E-state index in [0.717, 1.165) is 32.6 Å². The lowest BCUT2D eigenvalue weighted by Crippen LogP contribution is -2.37. The first-order chi connectivity index (χ1) is 14.2. The Morgan fingerprint density at radius 2 is 1.93 bits per heavy atom. The van der Waals surface area contributed by atoms with Crippen molar-refractivity contribution in [2.75, 3.05) is 19.6 Å². The van der Waals surface area contributed by atoms with E-state index in [4.69, 9.17) is 9.90 Å². The van der Waals surface area contributed by atoms with Crippen molar-refractivity contribution in [1.82, 2.24) is 15.2 Å². The maximum atomic E-state index is 12.6. The van der Waals surface area contributed by atoms with E-state index >= 15 is 0 Å². The highest BCUT2D eigenvalue weighted by atomic mass is 19.4. The molecular formula is C21H22F3N3O3. The Bertz CT molecular complexity index is 877. The molecule has 0 radical (unpaired) electrons. The molecule has 1 aromatic heterocycles. The number of halogens is 3. The van der Waals surface area contributed by atoms with Crippen molar-refractivity contribution in [3.05, 3.63) is 66.0 Å². The van der Waals surface area contributed by atoms with Crippen LogP contribution < -0.4 is 5.32 Å². The Balaban J connectivity index is 0.000000318. The number of likely N-dealkylation sites (tertiary alicyclic amines) is 1. The molecule has 0 saturated carbocycles. The minimum atomic E-state index is -5.08. The fourth-order valence-corrected chi connectivity index (χ4v) is 4.16. The molecule has 2 aliphatic rings. The second kappa shape index (κ2) is 8.83. The fourth-order valence-electron chi connectivity index (χ4n) is 4.16. The number of hydrogen-bond donors (Lipinski definition) is 2. The molecule has 9 heteroatoms. The summed E-state index contributed by atoms with van der Waals surface area (Å²) < 4.78 is 31.7. The van der Waals surface area contributed by atoms with E-state index in [9.17, 15) is 18.0 Å². The van der Waals surface area contributed by atoms with Crippen molar-refractivity contribution in [2.45, 2.75) is 25.1 Å². The zero-order valence-electron chi connectivity index (χ0n) is 16.1. The summed E-state index contributed by atoms with van der Waals surface area (Å²) >= 11 is 0. The van der Waals surface area contributed by atoms with Crippen molar-refractivity contribution in [3.8, 4) is 0 Å². The molecule has 3 heterocycles. The quantitative estimate of drug-likeness (QED) is 0.797. The molecule has 1 spiro atoms. The number of amides is 1. The van der Waals surface area contributed by atoms with E-state index in [2.05, 4.69) is 45.5 Å². The number of pyridine rings is 1. The zero-order chi connectivity index (χ0) is 21.8. The molecule has 2 saturated heterocycles. The standard InChI is InChI=1S/C19H21N3O.C2HF3O2/c23-18-19(8-10-21-18)14-22(12-15-5-4-9-20-11-15)13-17(19)16-6-2-1-3-7-16;3-2(4,5)1(6)7/h1-7,9,11,17H,8,10,12-14H2,(H,21,23);(H,6,7)/t17-,19+;/m0./s1. The van der Waals surface area contributed by atoms with Gasteiger partial charge in [0.2, 0.25) is 5.91 Å². The van der Waals surface area contributed by atoms with Gasteiger partial charge in [-0.15, -0.1) is 0 Å². The summed E-state index contributed by atoms with van der Waals surface area (Å²) in [6.07, 6.45) is -0.446. The molecule has 160 valence electrons. The summed E-state index contributed by atoms with van der Waals surface area (Å²) in [6, 6.07) is 14.6. The maximum Gasteiger partial charge on any atom is 0.490 e. The van der Waals surface area contributed by atoms with Crippen LogP contribution in [0.15, 0.2) is 54.9 Å². The predicted octanol–water partition coefficient (Wildman–Crippen LogP) is 2.82. The van der Waals surface area contributed by atoms with Crippen molar-refractivity contribution >= 4 is 11.9 Å². The number of nitrogens with one attached hydrogen (secondary N) is 1. The number of carbonyl (C=O) groups is 2.